The van der Waals surface area contributed by atoms with Gasteiger partial charge in [-0.05, 0) is 13.8 Å². The zero-order valence-electron chi connectivity index (χ0n) is 11.7. The Bertz CT molecular complexity index is 177. The number of hydrogen-bond donors (Lipinski definition) is 0. The van der Waals surface area contributed by atoms with Gasteiger partial charge in [-0.15, -0.1) is 0 Å². The van der Waals surface area contributed by atoms with Crippen molar-refractivity contribution in [3.63, 3.8) is 0 Å². The quantitative estimate of drug-likeness (QED) is 0.452. The molecule has 0 saturated heterocycles. The Morgan fingerprint density at radius 1 is 0.882 bits per heavy atom. The first-order valence-corrected chi connectivity index (χ1v) is 5.14. The third-order valence-corrected chi connectivity index (χ3v) is 1.14. The van der Waals surface area contributed by atoms with E-state index >= 15 is 0 Å². The Kier molecular flexibility index (Phi) is 26.9. The van der Waals surface area contributed by atoms with Crippen LogP contribution in [0, 0.1) is 25.7 Å². The molecule has 97 valence electrons. The van der Waals surface area contributed by atoms with Gasteiger partial charge in [0.25, 0.3) is 0 Å². The van der Waals surface area contributed by atoms with Gasteiger partial charge in [0.2, 0.25) is 0 Å². The summed E-state index contributed by atoms with van der Waals surface area (Å²) in [6.45, 7) is 13.4. The molecule has 0 saturated carbocycles. The van der Waals surface area contributed by atoms with E-state index in [2.05, 4.69) is 6.92 Å². The molecule has 0 amide bonds. The second kappa shape index (κ2) is 18.0. The molecule has 17 heavy (non-hydrogen) atoms. The number of ketones is 3. The molecule has 0 aromatic carbocycles. The SMILES string of the molecule is C[CH-]C.C[CH-]C.[CH2-]C(=O)C(C(C)=O)C(C)=O.[Ti+3]. The summed E-state index contributed by atoms with van der Waals surface area (Å²) in [6, 6.07) is 0. The minimum atomic E-state index is -1.14. The van der Waals surface area contributed by atoms with Crippen molar-refractivity contribution in [3.05, 3.63) is 19.8 Å². The number of hydrogen-bond acceptors (Lipinski definition) is 3. The summed E-state index contributed by atoms with van der Waals surface area (Å²) in [5.41, 5.74) is 0. The molecule has 4 heteroatoms. The van der Waals surface area contributed by atoms with E-state index in [1.165, 1.54) is 13.8 Å². The minimum Gasteiger partial charge on any atom is -0.338 e. The third-order valence-electron chi connectivity index (χ3n) is 1.14. The van der Waals surface area contributed by atoms with E-state index in [0.29, 0.717) is 0 Å². The van der Waals surface area contributed by atoms with Crippen molar-refractivity contribution in [2.24, 2.45) is 5.92 Å². The van der Waals surface area contributed by atoms with Gasteiger partial charge >= 0.3 is 21.7 Å². The van der Waals surface area contributed by atoms with E-state index in [1.807, 2.05) is 40.5 Å². The van der Waals surface area contributed by atoms with Crippen molar-refractivity contribution < 1.29 is 36.1 Å². The summed E-state index contributed by atoms with van der Waals surface area (Å²) in [5.74, 6) is -2.64. The van der Waals surface area contributed by atoms with Gasteiger partial charge in [-0.2, -0.15) is 27.7 Å². The molecule has 0 aliphatic heterocycles. The van der Waals surface area contributed by atoms with Crippen molar-refractivity contribution in [1.29, 1.82) is 0 Å². The smallest absolute Gasteiger partial charge is 0.338 e. The number of Topliss-reactive ketones (excluding diaryl/α,β-unsaturated/α-hetero) is 3. The van der Waals surface area contributed by atoms with Crippen LogP contribution in [-0.4, -0.2) is 17.3 Å². The van der Waals surface area contributed by atoms with Gasteiger partial charge in [0.15, 0.2) is 0 Å². The summed E-state index contributed by atoms with van der Waals surface area (Å²) < 4.78 is 0. The average molecular weight is 275 g/mol. The van der Waals surface area contributed by atoms with Crippen LogP contribution in [0.3, 0.4) is 0 Å². The van der Waals surface area contributed by atoms with Crippen LogP contribution in [0.15, 0.2) is 0 Å². The van der Waals surface area contributed by atoms with Gasteiger partial charge < -0.3 is 24.6 Å². The average Bonchev–Trinajstić information content (AvgIpc) is 2.03. The van der Waals surface area contributed by atoms with Gasteiger partial charge in [0, 0.05) is 5.78 Å². The molecular formula is C13H23O3Ti. The van der Waals surface area contributed by atoms with Crippen molar-refractivity contribution >= 4 is 17.3 Å². The molecule has 0 bridgehead atoms. The summed E-state index contributed by atoms with van der Waals surface area (Å²) >= 11 is 0. The van der Waals surface area contributed by atoms with E-state index in [9.17, 15) is 14.4 Å². The van der Waals surface area contributed by atoms with Crippen LogP contribution in [0.2, 0.25) is 0 Å². The molecule has 0 aromatic heterocycles. The van der Waals surface area contributed by atoms with Gasteiger partial charge in [-0.3, -0.25) is 9.59 Å². The topological polar surface area (TPSA) is 51.2 Å². The largest absolute Gasteiger partial charge is 3.00 e. The van der Waals surface area contributed by atoms with Gasteiger partial charge in [-0.1, -0.05) is 0 Å². The molecule has 0 aliphatic rings. The second-order valence-corrected chi connectivity index (χ2v) is 3.28. The molecule has 0 unspecified atom stereocenters. The first-order valence-electron chi connectivity index (χ1n) is 5.14. The molecule has 0 rings (SSSR count). The number of carbonyl (C=O) groups is 3. The summed E-state index contributed by atoms with van der Waals surface area (Å²) in [4.78, 5) is 31.6. The van der Waals surface area contributed by atoms with Crippen molar-refractivity contribution in [1.82, 2.24) is 0 Å². The fraction of sp³-hybridized carbons (Fsp3) is 0.538. The molecule has 0 N–H and O–H groups in total. The van der Waals surface area contributed by atoms with E-state index in [4.69, 9.17) is 0 Å². The second-order valence-electron chi connectivity index (χ2n) is 3.28. The van der Waals surface area contributed by atoms with Crippen LogP contribution in [0.25, 0.3) is 0 Å². The molecule has 0 fully saturated rings. The number of rotatable bonds is 3. The molecule has 0 aliphatic carbocycles. The Labute approximate surface area is 121 Å². The van der Waals surface area contributed by atoms with E-state index in [0.717, 1.165) is 0 Å². The molecule has 0 atom stereocenters. The molecule has 0 aromatic rings. The van der Waals surface area contributed by atoms with Crippen molar-refractivity contribution in [2.45, 2.75) is 41.5 Å². The van der Waals surface area contributed by atoms with E-state index in [1.54, 1.807) is 0 Å². The molecule has 0 heterocycles. The van der Waals surface area contributed by atoms with Gasteiger partial charge in [-0.25, -0.2) is 0 Å². The van der Waals surface area contributed by atoms with Crippen LogP contribution in [0.4, 0.5) is 0 Å². The number of carbonyl (C=O) groups excluding carboxylic acids is 3. The fourth-order valence-electron chi connectivity index (χ4n) is 0.740. The minimum absolute atomic E-state index is 0. The van der Waals surface area contributed by atoms with Crippen LogP contribution in [0.1, 0.15) is 41.5 Å². The van der Waals surface area contributed by atoms with Crippen LogP contribution in [-0.2, 0) is 36.1 Å². The van der Waals surface area contributed by atoms with Crippen LogP contribution >= 0.6 is 0 Å². The Morgan fingerprint density at radius 3 is 1.06 bits per heavy atom. The van der Waals surface area contributed by atoms with Gasteiger partial charge in [0.05, 0.1) is 0 Å². The first kappa shape index (κ1) is 25.4. The normalized spacial score (nSPS) is 7.71. The first-order chi connectivity index (χ1) is 7.29. The monoisotopic (exact) mass is 275 g/mol. The maximum Gasteiger partial charge on any atom is 3.00 e. The Hall–Kier alpha value is -0.406. The standard InChI is InChI=1S/C7H9O3.2C3H7.Ti/c1-4(8)7(5(2)9)6(3)10;2*1-3-2;/h7H,1H2,2-3H3;2*3H,1-2H3;/q3*-1;+3. The Morgan fingerprint density at radius 2 is 1.06 bits per heavy atom. The maximum atomic E-state index is 10.5. The zero-order chi connectivity index (χ0) is 13.7. The van der Waals surface area contributed by atoms with E-state index < -0.39 is 23.3 Å². The van der Waals surface area contributed by atoms with Crippen molar-refractivity contribution in [3.8, 4) is 0 Å². The molecule has 0 spiro atoms. The van der Waals surface area contributed by atoms with E-state index in [-0.39, 0.29) is 21.7 Å². The third kappa shape index (κ3) is 21.4. The fourth-order valence-corrected chi connectivity index (χ4v) is 0.740. The molecule has 3 nitrogen and oxygen atoms in total. The summed E-state index contributed by atoms with van der Waals surface area (Å²) in [6.07, 6.45) is 4.00. The maximum absolute atomic E-state index is 10.5. The summed E-state index contributed by atoms with van der Waals surface area (Å²) in [7, 11) is 0. The summed E-state index contributed by atoms with van der Waals surface area (Å²) in [5, 5.41) is 0. The molecular weight excluding hydrogens is 252 g/mol. The van der Waals surface area contributed by atoms with Crippen LogP contribution in [0.5, 0.6) is 0 Å². The van der Waals surface area contributed by atoms with Crippen LogP contribution < -0.4 is 0 Å². The van der Waals surface area contributed by atoms with Gasteiger partial charge in [0.1, 0.15) is 17.5 Å². The molecule has 1 radical (unpaired) electrons. The zero-order valence-corrected chi connectivity index (χ0v) is 13.2. The van der Waals surface area contributed by atoms with Crippen molar-refractivity contribution in [2.75, 3.05) is 0 Å². The predicted octanol–water partition coefficient (Wildman–Crippen LogP) is 2.64. The Balaban J connectivity index is -0.000000102. The predicted molar refractivity (Wildman–Crippen MR) is 66.5 cm³/mol.